The van der Waals surface area contributed by atoms with Crippen LogP contribution in [0.2, 0.25) is 5.02 Å². The van der Waals surface area contributed by atoms with E-state index in [1.165, 1.54) is 22.5 Å². The molecule has 0 saturated carbocycles. The van der Waals surface area contributed by atoms with Crippen molar-refractivity contribution >= 4 is 90.6 Å². The van der Waals surface area contributed by atoms with Crippen LogP contribution < -0.4 is 25.6 Å². The van der Waals surface area contributed by atoms with Crippen molar-refractivity contribution in [3.63, 3.8) is 0 Å². The number of thiophene rings is 1. The highest BCUT2D eigenvalue weighted by Gasteiger charge is 2.43. The summed E-state index contributed by atoms with van der Waals surface area (Å²) < 4.78 is 62.3. The third-order valence-electron chi connectivity index (χ3n) is 14.3. The maximum absolute atomic E-state index is 15.4. The monoisotopic (exact) mass is 1120 g/mol. The van der Waals surface area contributed by atoms with Crippen molar-refractivity contribution in [2.45, 2.75) is 134 Å². The lowest BCUT2D eigenvalue weighted by atomic mass is 9.85. The van der Waals surface area contributed by atoms with Gasteiger partial charge < -0.3 is 35.1 Å². The number of urea groups is 1. The Kier molecular flexibility index (Phi) is 15.6. The molecule has 414 valence electrons. The second-order valence-corrected chi connectivity index (χ2v) is 26.4. The smallest absolute Gasteiger partial charge is 0.352 e. The molecule has 1 unspecified atom stereocenters. The molecule has 4 amide bonds. The van der Waals surface area contributed by atoms with E-state index in [1.807, 2.05) is 62.4 Å². The van der Waals surface area contributed by atoms with Crippen LogP contribution in [0.5, 0.6) is 5.75 Å². The molecule has 5 heterocycles. The standard InChI is InChI=1S/C58H66ClFN6O10S2/c1-33-16-20-45(52(68)61-33)66-44-21-18-39(40-14-11-15-41(47(40)44)53(66)69)35-22-25-64(26-23-35)55(71)63-43-28-34(17-19-42(43)60)32-78(72,73)65-27-24-38(30-58(65,8)9)62-37-13-10-12-36(29-37)50-48(59)49(74-31-46(67)75-56(2,3)4)51(77-50)54(70)76-57(5,6)7/h10-15,17-19,21,28-29,35,38,45,62H,1,16,20,22-27,30-32H2,2-9H3,(H,61,68)(H,63,71)/t38-,45?/m0/s1. The Morgan fingerprint density at radius 1 is 0.910 bits per heavy atom. The van der Waals surface area contributed by atoms with Crippen LogP contribution in [0.3, 0.4) is 0 Å². The van der Waals surface area contributed by atoms with E-state index in [-0.39, 0.29) is 51.7 Å². The van der Waals surface area contributed by atoms with Crippen molar-refractivity contribution in [1.82, 2.24) is 14.5 Å². The molecule has 0 spiro atoms. The maximum Gasteiger partial charge on any atom is 0.352 e. The van der Waals surface area contributed by atoms with Gasteiger partial charge in [-0.2, -0.15) is 4.31 Å². The minimum Gasteiger partial charge on any atom is -0.479 e. The molecule has 0 bridgehead atoms. The Balaban J connectivity index is 0.817. The van der Waals surface area contributed by atoms with Crippen LogP contribution in [0.4, 0.5) is 26.2 Å². The molecular formula is C58H66ClFN6O10S2. The highest BCUT2D eigenvalue weighted by molar-refractivity contribution is 7.88. The average Bonchev–Trinajstić information content (AvgIpc) is 3.97. The first-order chi connectivity index (χ1) is 36.7. The molecular weight excluding hydrogens is 1060 g/mol. The van der Waals surface area contributed by atoms with Crippen molar-refractivity contribution in [3.8, 4) is 16.2 Å². The Morgan fingerprint density at radius 3 is 2.32 bits per heavy atom. The number of rotatable bonds is 13. The summed E-state index contributed by atoms with van der Waals surface area (Å²) in [6.07, 6.45) is 3.22. The van der Waals surface area contributed by atoms with Gasteiger partial charge >= 0.3 is 18.0 Å². The third kappa shape index (κ3) is 12.0. The highest BCUT2D eigenvalue weighted by Crippen LogP contribution is 2.48. The zero-order valence-electron chi connectivity index (χ0n) is 45.1. The summed E-state index contributed by atoms with van der Waals surface area (Å²) in [6, 6.07) is 19.7. The molecule has 9 rings (SSSR count). The van der Waals surface area contributed by atoms with Crippen LogP contribution in [0.25, 0.3) is 21.2 Å². The molecule has 2 atom stereocenters. The van der Waals surface area contributed by atoms with E-state index in [0.717, 1.165) is 33.4 Å². The maximum atomic E-state index is 15.4. The Morgan fingerprint density at radius 2 is 1.63 bits per heavy atom. The van der Waals surface area contributed by atoms with Crippen molar-refractivity contribution < 1.29 is 51.0 Å². The molecule has 78 heavy (non-hydrogen) atoms. The van der Waals surface area contributed by atoms with Crippen LogP contribution >= 0.6 is 22.9 Å². The van der Waals surface area contributed by atoms with Gasteiger partial charge in [0.1, 0.15) is 28.1 Å². The number of piperidine rings is 3. The quantitative estimate of drug-likeness (QED) is 0.0950. The normalized spacial score (nSPS) is 19.2. The van der Waals surface area contributed by atoms with Crippen molar-refractivity contribution in [2.24, 2.45) is 0 Å². The van der Waals surface area contributed by atoms with Gasteiger partial charge in [-0.3, -0.25) is 14.5 Å². The molecule has 4 aliphatic heterocycles. The second kappa shape index (κ2) is 21.6. The van der Waals surface area contributed by atoms with Gasteiger partial charge in [0.2, 0.25) is 15.9 Å². The van der Waals surface area contributed by atoms with Crippen molar-refractivity contribution in [3.05, 3.63) is 117 Å². The highest BCUT2D eigenvalue weighted by atomic mass is 35.5. The van der Waals surface area contributed by atoms with Gasteiger partial charge in [0.25, 0.3) is 5.91 Å². The number of carbonyl (C=O) groups excluding carboxylic acids is 5. The zero-order chi connectivity index (χ0) is 56.2. The van der Waals surface area contributed by atoms with Gasteiger partial charge in [0, 0.05) is 53.5 Å². The third-order valence-corrected chi connectivity index (χ3v) is 18.0. The van der Waals surface area contributed by atoms with E-state index >= 15 is 4.39 Å². The molecule has 0 aliphatic carbocycles. The van der Waals surface area contributed by atoms with E-state index in [1.54, 1.807) is 57.4 Å². The number of hydrogen-bond donors (Lipinski definition) is 3. The molecule has 0 radical (unpaired) electrons. The van der Waals surface area contributed by atoms with Gasteiger partial charge in [-0.15, -0.1) is 11.3 Å². The van der Waals surface area contributed by atoms with Crippen LogP contribution in [0.1, 0.15) is 131 Å². The van der Waals surface area contributed by atoms with Crippen LogP contribution in [-0.4, -0.2) is 102 Å². The number of anilines is 3. The number of nitrogens with zero attached hydrogens (tertiary/aromatic N) is 3. The van der Waals surface area contributed by atoms with Crippen LogP contribution in [0, 0.1) is 5.82 Å². The molecule has 3 fully saturated rings. The summed E-state index contributed by atoms with van der Waals surface area (Å²) in [6.45, 7) is 18.5. The number of likely N-dealkylation sites (tertiary alicyclic amines) is 1. The molecule has 16 nitrogen and oxygen atoms in total. The minimum absolute atomic E-state index is 0.0151. The SMILES string of the molecule is C=C1CCC(N2C(=O)c3cccc4c(C5CCN(C(=O)Nc6cc(CS(=O)(=O)N7CC[C@H](Nc8cccc(-c9sc(C(=O)OC(C)(C)C)c(OCC(=O)OC(C)(C)C)c9Cl)c8)CC7(C)C)ccc6F)CC5)ccc2c34)C(=O)N1. The molecule has 4 aliphatic rings. The van der Waals surface area contributed by atoms with Gasteiger partial charge in [-0.1, -0.05) is 54.6 Å². The Hall–Kier alpha value is -6.54. The second-order valence-electron chi connectivity index (χ2n) is 23.1. The summed E-state index contributed by atoms with van der Waals surface area (Å²) in [5.74, 6) is -2.77. The number of sulfonamides is 1. The Bertz CT molecular complexity index is 3360. The fourth-order valence-corrected chi connectivity index (χ4v) is 14.4. The van der Waals surface area contributed by atoms with E-state index in [4.69, 9.17) is 25.8 Å². The number of amides is 4. The first kappa shape index (κ1) is 56.2. The fraction of sp³-hybridized carbons (Fsp3) is 0.431. The summed E-state index contributed by atoms with van der Waals surface area (Å²) >= 11 is 8.00. The number of carbonyl (C=O) groups is 5. The summed E-state index contributed by atoms with van der Waals surface area (Å²) in [7, 11) is -3.95. The van der Waals surface area contributed by atoms with Gasteiger partial charge in [-0.25, -0.2) is 27.2 Å². The lowest BCUT2D eigenvalue weighted by Gasteiger charge is -2.45. The van der Waals surface area contributed by atoms with E-state index in [9.17, 15) is 32.4 Å². The molecule has 3 N–H and O–H groups in total. The zero-order valence-corrected chi connectivity index (χ0v) is 47.5. The van der Waals surface area contributed by atoms with Crippen LogP contribution in [0.15, 0.2) is 85.1 Å². The van der Waals surface area contributed by atoms with E-state index in [0.29, 0.717) is 84.6 Å². The number of benzene rings is 4. The molecule has 3 saturated heterocycles. The molecule has 4 aromatic carbocycles. The number of hydrogen-bond acceptors (Lipinski definition) is 12. The average molecular weight is 1130 g/mol. The van der Waals surface area contributed by atoms with Gasteiger partial charge in [-0.05, 0) is 158 Å². The predicted octanol–water partition coefficient (Wildman–Crippen LogP) is 11.4. The predicted molar refractivity (Wildman–Crippen MR) is 301 cm³/mol. The largest absolute Gasteiger partial charge is 0.479 e. The van der Waals surface area contributed by atoms with E-state index < -0.39 is 69.0 Å². The number of halogens is 2. The summed E-state index contributed by atoms with van der Waals surface area (Å²) in [4.78, 5) is 70.3. The number of ether oxygens (including phenoxy) is 3. The number of nitrogens with one attached hydrogen (secondary N) is 3. The van der Waals surface area contributed by atoms with Crippen molar-refractivity contribution in [2.75, 3.05) is 41.8 Å². The number of esters is 2. The van der Waals surface area contributed by atoms with Gasteiger partial charge in [0.15, 0.2) is 17.2 Å². The fourth-order valence-electron chi connectivity index (χ4n) is 11.0. The molecule has 5 aromatic rings. The lowest BCUT2D eigenvalue weighted by Crippen LogP contribution is -2.55. The van der Waals surface area contributed by atoms with Crippen LogP contribution in [-0.2, 0) is 34.8 Å². The lowest BCUT2D eigenvalue weighted by molar-refractivity contribution is -0.157. The molecule has 1 aromatic heterocycles. The minimum atomic E-state index is -3.95. The van der Waals surface area contributed by atoms with Crippen molar-refractivity contribution in [1.29, 1.82) is 0 Å². The molecule has 20 heteroatoms. The first-order valence-electron chi connectivity index (χ1n) is 26.2. The Labute approximate surface area is 463 Å². The van der Waals surface area contributed by atoms with E-state index in [2.05, 4.69) is 22.5 Å². The first-order valence-corrected chi connectivity index (χ1v) is 29.0. The van der Waals surface area contributed by atoms with Gasteiger partial charge in [0.05, 0.1) is 22.0 Å². The summed E-state index contributed by atoms with van der Waals surface area (Å²) in [5, 5.41) is 11.0. The summed E-state index contributed by atoms with van der Waals surface area (Å²) in [5.41, 5.74) is 2.16. The number of allylic oxidation sites excluding steroid dienone is 1. The topological polar surface area (TPSA) is 193 Å².